The minimum atomic E-state index is -4.67. The molecule has 33 heavy (non-hydrogen) atoms. The van der Waals surface area contributed by atoms with Crippen molar-refractivity contribution in [2.24, 2.45) is 0 Å². The van der Waals surface area contributed by atoms with Gasteiger partial charge < -0.3 is 25.6 Å². The average molecular weight is 487 g/mol. The fraction of sp³-hybridized carbons (Fsp3) is 0.400. The normalized spacial score (nSPS) is 14.0. The second kappa shape index (κ2) is 10.7. The van der Waals surface area contributed by atoms with E-state index in [4.69, 9.17) is 16.3 Å². The maximum Gasteiger partial charge on any atom is 0.421 e. The van der Waals surface area contributed by atoms with E-state index in [0.29, 0.717) is 43.8 Å². The summed E-state index contributed by atoms with van der Waals surface area (Å²) < 4.78 is 45.2. The third kappa shape index (κ3) is 6.68. The third-order valence-electron chi connectivity index (χ3n) is 4.65. The Hall–Kier alpha value is -3.12. The summed E-state index contributed by atoms with van der Waals surface area (Å²) in [7, 11) is 0. The number of alkyl halides is 3. The van der Waals surface area contributed by atoms with E-state index in [2.05, 4.69) is 25.9 Å². The summed E-state index contributed by atoms with van der Waals surface area (Å²) in [6.45, 7) is 3.33. The molecule has 1 saturated heterocycles. The largest absolute Gasteiger partial charge is 0.421 e. The Morgan fingerprint density at radius 3 is 2.58 bits per heavy atom. The molecule has 0 saturated carbocycles. The van der Waals surface area contributed by atoms with Crippen molar-refractivity contribution in [1.29, 1.82) is 0 Å². The van der Waals surface area contributed by atoms with Gasteiger partial charge in [-0.3, -0.25) is 9.59 Å². The molecule has 0 atom stereocenters. The topological polar surface area (TPSA) is 108 Å². The number of carbonyl (C=O) groups excluding carboxylic acids is 2. The van der Waals surface area contributed by atoms with Gasteiger partial charge in [0.1, 0.15) is 11.4 Å². The number of amides is 2. The Kier molecular flexibility index (Phi) is 7.92. The van der Waals surface area contributed by atoms with Crippen molar-refractivity contribution in [3.63, 3.8) is 0 Å². The lowest BCUT2D eigenvalue weighted by Gasteiger charge is -2.27. The fourth-order valence-electron chi connectivity index (χ4n) is 3.02. The number of nitrogens with zero attached hydrogens (tertiary/aromatic N) is 3. The number of ether oxygens (including phenoxy) is 1. The number of hydrogen-bond donors (Lipinski definition) is 3. The van der Waals surface area contributed by atoms with Crippen LogP contribution in [0.3, 0.4) is 0 Å². The van der Waals surface area contributed by atoms with Crippen LogP contribution in [0.4, 0.5) is 30.6 Å². The van der Waals surface area contributed by atoms with Crippen LogP contribution in [-0.4, -0.2) is 66.1 Å². The number of nitrogens with one attached hydrogen (secondary N) is 3. The number of anilines is 3. The number of carbonyl (C=O) groups is 2. The standard InChI is InChI=1S/C20H22ClF3N6O3/c1-12(31)25-4-5-26-17-14(20(22,23)24)11-27-19(29-17)28-16-3-2-13(10-15(16)21)18(32)30-6-8-33-9-7-30/h2-3,10-11H,4-9H2,1H3,(H,25,31)(H2,26,27,28,29). The molecular weight excluding hydrogens is 465 g/mol. The Labute approximate surface area is 192 Å². The van der Waals surface area contributed by atoms with Crippen molar-refractivity contribution in [1.82, 2.24) is 20.2 Å². The molecule has 1 fully saturated rings. The molecule has 1 aliphatic rings. The van der Waals surface area contributed by atoms with E-state index in [1.165, 1.54) is 19.1 Å². The minimum Gasteiger partial charge on any atom is -0.378 e. The average Bonchev–Trinajstić information content (AvgIpc) is 2.77. The van der Waals surface area contributed by atoms with Crippen molar-refractivity contribution in [2.45, 2.75) is 13.1 Å². The fourth-order valence-corrected chi connectivity index (χ4v) is 3.25. The highest BCUT2D eigenvalue weighted by Crippen LogP contribution is 2.34. The lowest BCUT2D eigenvalue weighted by Crippen LogP contribution is -2.40. The van der Waals surface area contributed by atoms with Gasteiger partial charge in [0, 0.05) is 44.9 Å². The van der Waals surface area contributed by atoms with Crippen LogP contribution in [0.2, 0.25) is 5.02 Å². The summed E-state index contributed by atoms with van der Waals surface area (Å²) in [6.07, 6.45) is -4.02. The number of rotatable bonds is 7. The van der Waals surface area contributed by atoms with Crippen molar-refractivity contribution in [2.75, 3.05) is 50.0 Å². The molecule has 2 aromatic rings. The lowest BCUT2D eigenvalue weighted by atomic mass is 10.1. The molecule has 0 unspecified atom stereocenters. The monoisotopic (exact) mass is 486 g/mol. The molecule has 0 aliphatic carbocycles. The first-order chi connectivity index (χ1) is 15.6. The van der Waals surface area contributed by atoms with Gasteiger partial charge in [-0.05, 0) is 18.2 Å². The van der Waals surface area contributed by atoms with Crippen LogP contribution < -0.4 is 16.0 Å². The molecule has 0 spiro atoms. The summed E-state index contributed by atoms with van der Waals surface area (Å²) >= 11 is 6.29. The molecule has 9 nitrogen and oxygen atoms in total. The maximum absolute atomic E-state index is 13.3. The van der Waals surface area contributed by atoms with E-state index >= 15 is 0 Å². The van der Waals surface area contributed by atoms with Crippen LogP contribution in [0.15, 0.2) is 24.4 Å². The summed E-state index contributed by atoms with van der Waals surface area (Å²) in [5, 5.41) is 7.98. The minimum absolute atomic E-state index is 0.0260. The maximum atomic E-state index is 13.3. The van der Waals surface area contributed by atoms with Gasteiger partial charge >= 0.3 is 6.18 Å². The number of halogens is 4. The van der Waals surface area contributed by atoms with E-state index < -0.39 is 17.6 Å². The Bertz CT molecular complexity index is 1020. The second-order valence-electron chi connectivity index (χ2n) is 7.09. The van der Waals surface area contributed by atoms with E-state index in [-0.39, 0.29) is 35.9 Å². The zero-order valence-electron chi connectivity index (χ0n) is 17.6. The summed E-state index contributed by atoms with van der Waals surface area (Å²) in [5.41, 5.74) is -0.353. The molecule has 2 amide bonds. The Morgan fingerprint density at radius 1 is 1.21 bits per heavy atom. The highest BCUT2D eigenvalue weighted by atomic mass is 35.5. The van der Waals surface area contributed by atoms with E-state index in [9.17, 15) is 22.8 Å². The van der Waals surface area contributed by atoms with Gasteiger partial charge in [0.05, 0.1) is 23.9 Å². The summed E-state index contributed by atoms with van der Waals surface area (Å²) in [5.74, 6) is -1.06. The van der Waals surface area contributed by atoms with E-state index in [1.807, 2.05) is 0 Å². The van der Waals surface area contributed by atoms with Gasteiger partial charge in [-0.25, -0.2) is 4.98 Å². The smallest absolute Gasteiger partial charge is 0.378 e. The van der Waals surface area contributed by atoms with E-state index in [0.717, 1.165) is 0 Å². The van der Waals surface area contributed by atoms with Crippen LogP contribution in [-0.2, 0) is 15.7 Å². The van der Waals surface area contributed by atoms with Crippen LogP contribution >= 0.6 is 11.6 Å². The first-order valence-electron chi connectivity index (χ1n) is 10.0. The molecule has 1 aromatic heterocycles. The van der Waals surface area contributed by atoms with Crippen molar-refractivity contribution in [3.05, 3.63) is 40.5 Å². The molecule has 178 valence electrons. The SMILES string of the molecule is CC(=O)NCCNc1nc(Nc2ccc(C(=O)N3CCOCC3)cc2Cl)ncc1C(F)(F)F. The molecule has 0 bridgehead atoms. The molecule has 13 heteroatoms. The summed E-state index contributed by atoms with van der Waals surface area (Å²) in [6, 6.07) is 4.56. The van der Waals surface area contributed by atoms with Gasteiger partial charge in [-0.1, -0.05) is 11.6 Å². The third-order valence-corrected chi connectivity index (χ3v) is 4.96. The molecule has 1 aromatic carbocycles. The Morgan fingerprint density at radius 2 is 1.94 bits per heavy atom. The van der Waals surface area contributed by atoms with Crippen LogP contribution in [0.5, 0.6) is 0 Å². The molecule has 3 N–H and O–H groups in total. The molecule has 2 heterocycles. The second-order valence-corrected chi connectivity index (χ2v) is 7.49. The van der Waals surface area contributed by atoms with Gasteiger partial charge in [0.25, 0.3) is 5.91 Å². The van der Waals surface area contributed by atoms with Crippen LogP contribution in [0.25, 0.3) is 0 Å². The van der Waals surface area contributed by atoms with Crippen LogP contribution in [0.1, 0.15) is 22.8 Å². The van der Waals surface area contributed by atoms with Crippen molar-refractivity contribution in [3.8, 4) is 0 Å². The number of hydrogen-bond acceptors (Lipinski definition) is 7. The van der Waals surface area contributed by atoms with Crippen molar-refractivity contribution >= 4 is 40.9 Å². The van der Waals surface area contributed by atoms with Crippen LogP contribution in [0, 0.1) is 0 Å². The van der Waals surface area contributed by atoms with Gasteiger partial charge in [0.15, 0.2) is 0 Å². The number of aromatic nitrogens is 2. The zero-order chi connectivity index (χ0) is 24.0. The summed E-state index contributed by atoms with van der Waals surface area (Å²) in [4.78, 5) is 32.8. The number of benzene rings is 1. The lowest BCUT2D eigenvalue weighted by molar-refractivity contribution is -0.137. The highest BCUT2D eigenvalue weighted by Gasteiger charge is 2.35. The van der Waals surface area contributed by atoms with E-state index in [1.54, 1.807) is 11.0 Å². The van der Waals surface area contributed by atoms with Gasteiger partial charge in [0.2, 0.25) is 11.9 Å². The molecule has 0 radical (unpaired) electrons. The zero-order valence-corrected chi connectivity index (χ0v) is 18.4. The first kappa shape index (κ1) is 24.5. The Balaban J connectivity index is 1.75. The number of morpholine rings is 1. The molecule has 1 aliphatic heterocycles. The predicted molar refractivity (Wildman–Crippen MR) is 116 cm³/mol. The van der Waals surface area contributed by atoms with Crippen molar-refractivity contribution < 1.29 is 27.5 Å². The van der Waals surface area contributed by atoms with Gasteiger partial charge in [-0.2, -0.15) is 18.2 Å². The first-order valence-corrected chi connectivity index (χ1v) is 10.4. The molecule has 3 rings (SSSR count). The highest BCUT2D eigenvalue weighted by molar-refractivity contribution is 6.33. The van der Waals surface area contributed by atoms with Gasteiger partial charge in [-0.15, -0.1) is 0 Å². The quantitative estimate of drug-likeness (QED) is 0.516. The molecular formula is C20H22ClF3N6O3. The predicted octanol–water partition coefficient (Wildman–Crippen LogP) is 2.91.